The molecule has 2 heteroatoms. The van der Waals surface area contributed by atoms with E-state index in [2.05, 4.69) is 104 Å². The predicted octanol–water partition coefficient (Wildman–Crippen LogP) is 5.34. The highest BCUT2D eigenvalue weighted by Crippen LogP contribution is 2.25. The summed E-state index contributed by atoms with van der Waals surface area (Å²) in [6.07, 6.45) is 5.35. The second-order valence-electron chi connectivity index (χ2n) is 8.66. The molecule has 0 aliphatic carbocycles. The van der Waals surface area contributed by atoms with Crippen LogP contribution in [0.25, 0.3) is 33.7 Å². The van der Waals surface area contributed by atoms with Gasteiger partial charge in [0.15, 0.2) is 5.78 Å². The van der Waals surface area contributed by atoms with E-state index >= 15 is 0 Å². The molecule has 1 saturated heterocycles. The van der Waals surface area contributed by atoms with E-state index in [1.165, 1.54) is 26.4 Å². The summed E-state index contributed by atoms with van der Waals surface area (Å²) >= 11 is 0. The SMILES string of the molecule is CCC[NH+]1C/C(=C\c2cccc3ccccc23)C(=O)/C(=C/c2cccc3ccccc23)C1. The summed E-state index contributed by atoms with van der Waals surface area (Å²) in [5.41, 5.74) is 4.05. The summed E-state index contributed by atoms with van der Waals surface area (Å²) in [6, 6.07) is 29.4. The second kappa shape index (κ2) is 8.94. The van der Waals surface area contributed by atoms with Gasteiger partial charge in [0.2, 0.25) is 0 Å². The Morgan fingerprint density at radius 2 is 1.16 bits per heavy atom. The molecule has 0 aromatic heterocycles. The fourth-order valence-corrected chi connectivity index (χ4v) is 4.86. The maximum absolute atomic E-state index is 13.6. The van der Waals surface area contributed by atoms with Gasteiger partial charge in [-0.1, -0.05) is 91.9 Å². The molecule has 1 N–H and O–H groups in total. The molecule has 2 nitrogen and oxygen atoms in total. The molecule has 0 amide bonds. The number of Topliss-reactive ketones (excluding diaryl/α,β-unsaturated/α-hetero) is 1. The molecule has 4 aromatic carbocycles. The Hall–Kier alpha value is -3.49. The molecule has 158 valence electrons. The van der Waals surface area contributed by atoms with Gasteiger partial charge in [0.25, 0.3) is 0 Å². The van der Waals surface area contributed by atoms with Crippen molar-refractivity contribution in [3.63, 3.8) is 0 Å². The van der Waals surface area contributed by atoms with Crippen LogP contribution in [0.15, 0.2) is 96.1 Å². The largest absolute Gasteiger partial charge is 0.327 e. The van der Waals surface area contributed by atoms with Crippen molar-refractivity contribution >= 4 is 39.5 Å². The van der Waals surface area contributed by atoms with Crippen LogP contribution in [-0.2, 0) is 4.79 Å². The Balaban J connectivity index is 1.59. The highest BCUT2D eigenvalue weighted by molar-refractivity contribution is 6.15. The van der Waals surface area contributed by atoms with Crippen molar-refractivity contribution in [2.75, 3.05) is 19.6 Å². The van der Waals surface area contributed by atoms with Crippen molar-refractivity contribution in [2.24, 2.45) is 0 Å². The lowest BCUT2D eigenvalue weighted by atomic mass is 9.92. The van der Waals surface area contributed by atoms with Gasteiger partial charge in [-0.05, 0) is 51.2 Å². The lowest BCUT2D eigenvalue weighted by Gasteiger charge is -2.26. The first-order valence-corrected chi connectivity index (χ1v) is 11.5. The van der Waals surface area contributed by atoms with Crippen molar-refractivity contribution in [2.45, 2.75) is 13.3 Å². The molecule has 0 spiro atoms. The quantitative estimate of drug-likeness (QED) is 0.444. The summed E-state index contributed by atoms with van der Waals surface area (Å²) < 4.78 is 0. The summed E-state index contributed by atoms with van der Waals surface area (Å²) in [5.74, 6) is 0.186. The van der Waals surface area contributed by atoms with Crippen LogP contribution in [0, 0.1) is 0 Å². The van der Waals surface area contributed by atoms with E-state index in [0.29, 0.717) is 0 Å². The van der Waals surface area contributed by atoms with Crippen LogP contribution in [0.1, 0.15) is 24.5 Å². The van der Waals surface area contributed by atoms with Gasteiger partial charge >= 0.3 is 0 Å². The highest BCUT2D eigenvalue weighted by Gasteiger charge is 2.29. The number of hydrogen-bond acceptors (Lipinski definition) is 1. The molecule has 1 fully saturated rings. The van der Waals surface area contributed by atoms with Crippen LogP contribution in [0.4, 0.5) is 0 Å². The monoisotopic (exact) mass is 418 g/mol. The zero-order valence-electron chi connectivity index (χ0n) is 18.5. The molecule has 1 heterocycles. The number of fused-ring (bicyclic) bond motifs is 2. The number of carbonyl (C=O) groups excluding carboxylic acids is 1. The molecule has 32 heavy (non-hydrogen) atoms. The number of likely N-dealkylation sites (tertiary alicyclic amines) is 1. The fourth-order valence-electron chi connectivity index (χ4n) is 4.86. The number of nitrogens with one attached hydrogen (secondary N) is 1. The molecule has 0 radical (unpaired) electrons. The van der Waals surface area contributed by atoms with Crippen LogP contribution in [0.2, 0.25) is 0 Å². The standard InChI is InChI=1S/C30H27NO/c1-2-17-31-20-26(18-24-13-7-11-22-9-3-5-15-28(22)24)30(32)27(21-31)19-25-14-8-12-23-10-4-6-16-29(23)25/h3-16,18-19H,2,17,20-21H2,1H3/p+1/b26-18+,27-19+. The second-order valence-corrected chi connectivity index (χ2v) is 8.66. The lowest BCUT2D eigenvalue weighted by Crippen LogP contribution is -3.13. The first kappa shape index (κ1) is 20.4. The third-order valence-corrected chi connectivity index (χ3v) is 6.37. The zero-order valence-corrected chi connectivity index (χ0v) is 18.5. The minimum atomic E-state index is 0.186. The maximum atomic E-state index is 13.6. The van der Waals surface area contributed by atoms with Crippen molar-refractivity contribution in [1.82, 2.24) is 0 Å². The number of hydrogen-bond donors (Lipinski definition) is 1. The first-order valence-electron chi connectivity index (χ1n) is 11.5. The van der Waals surface area contributed by atoms with E-state index in [1.54, 1.807) is 0 Å². The fraction of sp³-hybridized carbons (Fsp3) is 0.167. The Morgan fingerprint density at radius 1 is 0.688 bits per heavy atom. The number of quaternary nitrogens is 1. The number of rotatable bonds is 4. The Morgan fingerprint density at radius 3 is 1.66 bits per heavy atom. The van der Waals surface area contributed by atoms with Gasteiger partial charge in [0.05, 0.1) is 17.7 Å². The van der Waals surface area contributed by atoms with Gasteiger partial charge in [-0.25, -0.2) is 0 Å². The van der Waals surface area contributed by atoms with E-state index in [0.717, 1.165) is 48.3 Å². The van der Waals surface area contributed by atoms with Crippen molar-refractivity contribution in [1.29, 1.82) is 0 Å². The Bertz CT molecular complexity index is 1250. The summed E-state index contributed by atoms with van der Waals surface area (Å²) in [7, 11) is 0. The van der Waals surface area contributed by atoms with Crippen LogP contribution in [0.5, 0.6) is 0 Å². The topological polar surface area (TPSA) is 21.5 Å². The molecule has 5 rings (SSSR count). The number of ketones is 1. The average Bonchev–Trinajstić information content (AvgIpc) is 2.82. The maximum Gasteiger partial charge on any atom is 0.196 e. The normalized spacial score (nSPS) is 19.3. The molecule has 1 aliphatic rings. The summed E-state index contributed by atoms with van der Waals surface area (Å²) in [5, 5.41) is 4.79. The summed E-state index contributed by atoms with van der Waals surface area (Å²) in [6.45, 7) is 4.84. The molecular formula is C30H28NO+. The van der Waals surface area contributed by atoms with Crippen molar-refractivity contribution in [3.8, 4) is 0 Å². The van der Waals surface area contributed by atoms with Gasteiger partial charge in [0, 0.05) is 0 Å². The molecule has 1 aliphatic heterocycles. The van der Waals surface area contributed by atoms with E-state index in [-0.39, 0.29) is 5.78 Å². The predicted molar refractivity (Wildman–Crippen MR) is 135 cm³/mol. The zero-order chi connectivity index (χ0) is 21.9. The third-order valence-electron chi connectivity index (χ3n) is 6.37. The van der Waals surface area contributed by atoms with Crippen LogP contribution < -0.4 is 4.90 Å². The van der Waals surface area contributed by atoms with Gasteiger partial charge in [-0.2, -0.15) is 0 Å². The minimum absolute atomic E-state index is 0.186. The van der Waals surface area contributed by atoms with Crippen molar-refractivity contribution < 1.29 is 9.69 Å². The van der Waals surface area contributed by atoms with Crippen LogP contribution >= 0.6 is 0 Å². The van der Waals surface area contributed by atoms with Gasteiger partial charge in [0.1, 0.15) is 13.1 Å². The average molecular weight is 419 g/mol. The molecule has 0 unspecified atom stereocenters. The van der Waals surface area contributed by atoms with Gasteiger partial charge < -0.3 is 4.90 Å². The summed E-state index contributed by atoms with van der Waals surface area (Å²) in [4.78, 5) is 15.1. The van der Waals surface area contributed by atoms with Crippen LogP contribution in [-0.4, -0.2) is 25.4 Å². The molecule has 4 aromatic rings. The van der Waals surface area contributed by atoms with Gasteiger partial charge in [-0.3, -0.25) is 4.79 Å². The minimum Gasteiger partial charge on any atom is -0.327 e. The van der Waals surface area contributed by atoms with E-state index in [4.69, 9.17) is 0 Å². The lowest BCUT2D eigenvalue weighted by molar-refractivity contribution is -0.891. The Kier molecular flexibility index (Phi) is 5.70. The smallest absolute Gasteiger partial charge is 0.196 e. The van der Waals surface area contributed by atoms with Crippen molar-refractivity contribution in [3.05, 3.63) is 107 Å². The Labute approximate surface area is 189 Å². The van der Waals surface area contributed by atoms with E-state index in [9.17, 15) is 4.79 Å². The molecule has 0 bridgehead atoms. The number of benzene rings is 4. The molecule has 0 atom stereocenters. The molecular weight excluding hydrogens is 390 g/mol. The third kappa shape index (κ3) is 4.02. The molecule has 0 saturated carbocycles. The number of piperidine rings is 1. The number of carbonyl (C=O) groups is 1. The van der Waals surface area contributed by atoms with Gasteiger partial charge in [-0.15, -0.1) is 0 Å². The van der Waals surface area contributed by atoms with Crippen LogP contribution in [0.3, 0.4) is 0 Å². The first-order chi connectivity index (χ1) is 15.7. The van der Waals surface area contributed by atoms with E-state index in [1.807, 2.05) is 0 Å². The van der Waals surface area contributed by atoms with E-state index < -0.39 is 0 Å². The highest BCUT2D eigenvalue weighted by atomic mass is 16.1.